The topological polar surface area (TPSA) is 111 Å². The Morgan fingerprint density at radius 3 is 2.82 bits per heavy atom. The zero-order chi connectivity index (χ0) is 20.3. The normalized spacial score (nSPS) is 14.9. The lowest BCUT2D eigenvalue weighted by molar-refractivity contribution is 0.178. The van der Waals surface area contributed by atoms with Crippen LogP contribution in [-0.4, -0.2) is 14.9 Å². The Bertz CT molecular complexity index is 971. The standard InChI is InChI=1S/C19H24N3O4PS/c1-4-14(13-6-5-8-21-11-13)26-27(23,24)15-7-9-25-18(15)17-16(10-12(2)3)28-19(20)22-17/h5-9,11-12,14H,4,10H2,1-3H3,(H2,20,22)(H,23,24). The summed E-state index contributed by atoms with van der Waals surface area (Å²) in [7, 11) is -4.18. The van der Waals surface area contributed by atoms with Crippen molar-refractivity contribution in [3.8, 4) is 11.5 Å². The van der Waals surface area contributed by atoms with E-state index in [1.165, 1.54) is 23.7 Å². The zero-order valence-corrected chi connectivity index (χ0v) is 17.7. The molecule has 28 heavy (non-hydrogen) atoms. The Morgan fingerprint density at radius 2 is 2.18 bits per heavy atom. The number of pyridine rings is 1. The van der Waals surface area contributed by atoms with Gasteiger partial charge in [-0.2, -0.15) is 0 Å². The van der Waals surface area contributed by atoms with Crippen LogP contribution >= 0.6 is 18.9 Å². The third kappa shape index (κ3) is 4.52. The number of hydrogen-bond donors (Lipinski definition) is 2. The second kappa shape index (κ2) is 8.57. The molecule has 2 atom stereocenters. The molecule has 0 saturated carbocycles. The number of hydrogen-bond acceptors (Lipinski definition) is 7. The van der Waals surface area contributed by atoms with Crippen LogP contribution < -0.4 is 11.0 Å². The first-order chi connectivity index (χ1) is 13.3. The van der Waals surface area contributed by atoms with Crippen molar-refractivity contribution < 1.29 is 18.4 Å². The molecule has 0 radical (unpaired) electrons. The molecule has 2 unspecified atom stereocenters. The molecule has 7 nitrogen and oxygen atoms in total. The zero-order valence-electron chi connectivity index (χ0n) is 16.0. The monoisotopic (exact) mass is 421 g/mol. The first-order valence-corrected chi connectivity index (χ1v) is 11.5. The summed E-state index contributed by atoms with van der Waals surface area (Å²) in [4.78, 5) is 20.1. The van der Waals surface area contributed by atoms with Crippen molar-refractivity contribution in [3.05, 3.63) is 47.3 Å². The van der Waals surface area contributed by atoms with Crippen LogP contribution in [0.15, 0.2) is 41.3 Å². The summed E-state index contributed by atoms with van der Waals surface area (Å²) in [5, 5.41) is 0.480. The fourth-order valence-corrected chi connectivity index (χ4v) is 5.36. The highest BCUT2D eigenvalue weighted by Crippen LogP contribution is 2.49. The van der Waals surface area contributed by atoms with Gasteiger partial charge in [-0.25, -0.2) is 4.98 Å². The Hall–Kier alpha value is -1.99. The average Bonchev–Trinajstić information content (AvgIpc) is 3.27. The van der Waals surface area contributed by atoms with E-state index in [1.54, 1.807) is 18.5 Å². The number of furan rings is 1. The molecule has 0 aliphatic rings. The molecule has 3 N–H and O–H groups in total. The minimum absolute atomic E-state index is 0.0881. The van der Waals surface area contributed by atoms with Crippen LogP contribution in [0, 0.1) is 5.92 Å². The van der Waals surface area contributed by atoms with Gasteiger partial charge in [-0.05, 0) is 36.5 Å². The molecule has 3 rings (SSSR count). The molecule has 0 fully saturated rings. The highest BCUT2D eigenvalue weighted by atomic mass is 32.1. The molecule has 0 saturated heterocycles. The van der Waals surface area contributed by atoms with E-state index in [0.29, 0.717) is 23.2 Å². The van der Waals surface area contributed by atoms with E-state index in [2.05, 4.69) is 23.8 Å². The lowest BCUT2D eigenvalue weighted by atomic mass is 10.1. The van der Waals surface area contributed by atoms with Gasteiger partial charge in [0.25, 0.3) is 0 Å². The molecule has 0 aliphatic carbocycles. The van der Waals surface area contributed by atoms with Gasteiger partial charge in [0.15, 0.2) is 10.9 Å². The van der Waals surface area contributed by atoms with Crippen LogP contribution in [-0.2, 0) is 15.5 Å². The fourth-order valence-electron chi connectivity index (χ4n) is 2.93. The molecule has 0 bridgehead atoms. The van der Waals surface area contributed by atoms with E-state index in [-0.39, 0.29) is 11.1 Å². The third-order valence-corrected chi connectivity index (χ3v) is 6.58. The SMILES string of the molecule is CCC(OP(=O)(O)c1ccoc1-c1nc(N)sc1CC(C)C)c1cccnc1. The van der Waals surface area contributed by atoms with Crippen LogP contribution in [0.25, 0.3) is 11.5 Å². The maximum Gasteiger partial charge on any atom is 0.363 e. The van der Waals surface area contributed by atoms with Gasteiger partial charge in [-0.15, -0.1) is 11.3 Å². The third-order valence-electron chi connectivity index (χ3n) is 4.17. The largest absolute Gasteiger partial charge is 0.462 e. The Labute approximate surface area is 168 Å². The molecule has 3 aromatic heterocycles. The Balaban J connectivity index is 1.95. The quantitative estimate of drug-likeness (QED) is 0.513. The average molecular weight is 421 g/mol. The Kier molecular flexibility index (Phi) is 6.35. The second-order valence-corrected chi connectivity index (χ2v) is 9.71. The number of nitrogens with zero attached hydrogens (tertiary/aromatic N) is 2. The molecule has 0 aromatic carbocycles. The Morgan fingerprint density at radius 1 is 1.39 bits per heavy atom. The summed E-state index contributed by atoms with van der Waals surface area (Å²) >= 11 is 1.36. The molecule has 0 spiro atoms. The highest BCUT2D eigenvalue weighted by molar-refractivity contribution is 7.61. The van der Waals surface area contributed by atoms with Crippen molar-refractivity contribution in [3.63, 3.8) is 0 Å². The molecule has 3 heterocycles. The van der Waals surface area contributed by atoms with Crippen LogP contribution in [0.5, 0.6) is 0 Å². The molecule has 0 amide bonds. The fraction of sp³-hybridized carbons (Fsp3) is 0.368. The lowest BCUT2D eigenvalue weighted by Crippen LogP contribution is -2.12. The van der Waals surface area contributed by atoms with Crippen LogP contribution in [0.4, 0.5) is 5.13 Å². The van der Waals surface area contributed by atoms with Crippen LogP contribution in [0.1, 0.15) is 43.7 Å². The summed E-state index contributed by atoms with van der Waals surface area (Å²) in [6.07, 6.45) is 5.34. The van der Waals surface area contributed by atoms with Crippen molar-refractivity contribution in [1.29, 1.82) is 0 Å². The highest BCUT2D eigenvalue weighted by Gasteiger charge is 2.34. The summed E-state index contributed by atoms with van der Waals surface area (Å²) < 4.78 is 24.4. The first kappa shape index (κ1) is 20.7. The first-order valence-electron chi connectivity index (χ1n) is 9.06. The number of nitrogens with two attached hydrogens (primary N) is 1. The maximum atomic E-state index is 13.2. The van der Waals surface area contributed by atoms with Crippen LogP contribution in [0.2, 0.25) is 0 Å². The predicted molar refractivity (Wildman–Crippen MR) is 111 cm³/mol. The summed E-state index contributed by atoms with van der Waals surface area (Å²) in [6.45, 7) is 6.06. The van der Waals surface area contributed by atoms with E-state index in [0.717, 1.165) is 16.9 Å². The summed E-state index contributed by atoms with van der Waals surface area (Å²) in [6, 6.07) is 5.04. The number of thiazole rings is 1. The van der Waals surface area contributed by atoms with E-state index in [1.807, 2.05) is 13.0 Å². The number of rotatable bonds is 8. The molecular formula is C19H24N3O4PS. The molecule has 3 aromatic rings. The van der Waals surface area contributed by atoms with Crippen LogP contribution in [0.3, 0.4) is 0 Å². The van der Waals surface area contributed by atoms with Gasteiger partial charge >= 0.3 is 7.60 Å². The summed E-state index contributed by atoms with van der Waals surface area (Å²) in [5.41, 5.74) is 7.14. The number of nitrogen functional groups attached to an aromatic ring is 1. The van der Waals surface area contributed by atoms with E-state index in [4.69, 9.17) is 14.7 Å². The molecular weight excluding hydrogens is 397 g/mol. The molecule has 150 valence electrons. The number of aromatic nitrogens is 2. The molecule has 9 heteroatoms. The van der Waals surface area contributed by atoms with E-state index < -0.39 is 13.7 Å². The van der Waals surface area contributed by atoms with Crippen molar-refractivity contribution >= 4 is 29.4 Å². The van der Waals surface area contributed by atoms with E-state index in [9.17, 15) is 9.46 Å². The van der Waals surface area contributed by atoms with Crippen molar-refractivity contribution in [2.45, 2.75) is 39.7 Å². The van der Waals surface area contributed by atoms with E-state index >= 15 is 0 Å². The summed E-state index contributed by atoms with van der Waals surface area (Å²) in [5.74, 6) is 0.611. The minimum atomic E-state index is -4.18. The van der Waals surface area contributed by atoms with Gasteiger partial charge in [0, 0.05) is 17.3 Å². The van der Waals surface area contributed by atoms with Gasteiger partial charge in [0.2, 0.25) is 0 Å². The maximum absolute atomic E-state index is 13.2. The lowest BCUT2D eigenvalue weighted by Gasteiger charge is -2.20. The van der Waals surface area contributed by atoms with Gasteiger partial charge in [0.1, 0.15) is 11.0 Å². The van der Waals surface area contributed by atoms with Gasteiger partial charge < -0.3 is 15.0 Å². The van der Waals surface area contributed by atoms with Crippen molar-refractivity contribution in [1.82, 2.24) is 9.97 Å². The van der Waals surface area contributed by atoms with Gasteiger partial charge in [-0.1, -0.05) is 26.8 Å². The van der Waals surface area contributed by atoms with Crippen molar-refractivity contribution in [2.75, 3.05) is 5.73 Å². The smallest absolute Gasteiger partial charge is 0.363 e. The van der Waals surface area contributed by atoms with Crippen molar-refractivity contribution in [2.24, 2.45) is 5.92 Å². The number of anilines is 1. The second-order valence-electron chi connectivity index (χ2n) is 6.87. The van der Waals surface area contributed by atoms with Gasteiger partial charge in [-0.3, -0.25) is 14.1 Å². The molecule has 0 aliphatic heterocycles. The van der Waals surface area contributed by atoms with Gasteiger partial charge in [0.05, 0.1) is 12.4 Å². The minimum Gasteiger partial charge on any atom is -0.462 e. The predicted octanol–water partition coefficient (Wildman–Crippen LogP) is 4.56.